The zero-order chi connectivity index (χ0) is 15.7. The van der Waals surface area contributed by atoms with Gasteiger partial charge in [0.25, 0.3) is 0 Å². The van der Waals surface area contributed by atoms with Gasteiger partial charge in [0.15, 0.2) is 0 Å². The number of para-hydroxylation sites is 1. The third-order valence-corrected chi connectivity index (χ3v) is 5.16. The molecule has 1 nitrogen and oxygen atoms in total. The zero-order valence-electron chi connectivity index (χ0n) is 13.0. The SMILES string of the molecule is c1ccc2nc3c(cc2c1)c1cccc2ccc4cccc3c4c21. The molecule has 0 saturated heterocycles. The molecule has 110 valence electrons. The normalized spacial score (nSPS) is 12.2. The highest BCUT2D eigenvalue weighted by atomic mass is 14.7. The quantitative estimate of drug-likeness (QED) is 0.237. The molecular formula is C23H13N. The van der Waals surface area contributed by atoms with Crippen molar-refractivity contribution < 1.29 is 0 Å². The van der Waals surface area contributed by atoms with Crippen molar-refractivity contribution in [3.8, 4) is 0 Å². The molecule has 5 aromatic carbocycles. The predicted octanol–water partition coefficient (Wildman–Crippen LogP) is 6.29. The van der Waals surface area contributed by atoms with Gasteiger partial charge < -0.3 is 0 Å². The van der Waals surface area contributed by atoms with Gasteiger partial charge in [-0.3, -0.25) is 0 Å². The van der Waals surface area contributed by atoms with Gasteiger partial charge in [-0.15, -0.1) is 0 Å². The summed E-state index contributed by atoms with van der Waals surface area (Å²) in [6.45, 7) is 0. The fourth-order valence-corrected chi connectivity index (χ4v) is 4.10. The van der Waals surface area contributed by atoms with Crippen LogP contribution in [0.5, 0.6) is 0 Å². The van der Waals surface area contributed by atoms with Crippen LogP contribution in [0.3, 0.4) is 0 Å². The van der Waals surface area contributed by atoms with E-state index in [2.05, 4.69) is 78.9 Å². The molecule has 6 rings (SSSR count). The average molecular weight is 303 g/mol. The Morgan fingerprint density at radius 1 is 0.500 bits per heavy atom. The highest BCUT2D eigenvalue weighted by Crippen LogP contribution is 2.40. The molecule has 0 fully saturated rings. The highest BCUT2D eigenvalue weighted by molar-refractivity contribution is 6.33. The van der Waals surface area contributed by atoms with E-state index in [0.29, 0.717) is 0 Å². The molecule has 1 heterocycles. The van der Waals surface area contributed by atoms with Gasteiger partial charge in [-0.05, 0) is 39.1 Å². The summed E-state index contributed by atoms with van der Waals surface area (Å²) in [5, 5.41) is 10.3. The molecule has 0 N–H and O–H groups in total. The molecule has 6 aromatic rings. The maximum Gasteiger partial charge on any atom is 0.0794 e. The van der Waals surface area contributed by atoms with Crippen molar-refractivity contribution in [3.05, 3.63) is 78.9 Å². The van der Waals surface area contributed by atoms with Crippen molar-refractivity contribution in [1.82, 2.24) is 4.98 Å². The summed E-state index contributed by atoms with van der Waals surface area (Å²) in [6, 6.07) is 28.2. The van der Waals surface area contributed by atoms with Crippen LogP contribution in [0, 0.1) is 0 Å². The number of aromatic nitrogens is 1. The van der Waals surface area contributed by atoms with Gasteiger partial charge in [0, 0.05) is 16.2 Å². The van der Waals surface area contributed by atoms with Crippen LogP contribution >= 0.6 is 0 Å². The van der Waals surface area contributed by atoms with Crippen LogP contribution in [0.15, 0.2) is 78.9 Å². The first kappa shape index (κ1) is 12.3. The number of hydrogen-bond donors (Lipinski definition) is 0. The largest absolute Gasteiger partial charge is 0.247 e. The van der Waals surface area contributed by atoms with Crippen LogP contribution in [0.25, 0.3) is 54.1 Å². The van der Waals surface area contributed by atoms with Gasteiger partial charge in [-0.25, -0.2) is 4.98 Å². The van der Waals surface area contributed by atoms with Crippen LogP contribution in [0.2, 0.25) is 0 Å². The summed E-state index contributed by atoms with van der Waals surface area (Å²) in [4.78, 5) is 5.03. The maximum atomic E-state index is 5.03. The Bertz CT molecular complexity index is 1290. The standard InChI is InChI=1S/C23H13N/c1-2-10-20-16(5-1)13-19-17-8-3-6-14-11-12-15-7-4-9-18(23(19)24-20)22(15)21(14)17/h1-13H. The minimum atomic E-state index is 1.06. The Kier molecular flexibility index (Phi) is 2.15. The second kappa shape index (κ2) is 4.21. The molecule has 0 amide bonds. The molecule has 1 aromatic heterocycles. The number of rotatable bonds is 0. The van der Waals surface area contributed by atoms with Crippen LogP contribution in [0.4, 0.5) is 0 Å². The van der Waals surface area contributed by atoms with Crippen molar-refractivity contribution in [2.75, 3.05) is 0 Å². The lowest BCUT2D eigenvalue weighted by molar-refractivity contribution is 1.52. The number of nitrogens with zero attached hydrogens (tertiary/aromatic N) is 1. The Morgan fingerprint density at radius 2 is 1.17 bits per heavy atom. The number of benzene rings is 5. The predicted molar refractivity (Wildman–Crippen MR) is 103 cm³/mol. The van der Waals surface area contributed by atoms with E-state index in [0.717, 1.165) is 11.0 Å². The molecule has 0 saturated carbocycles. The third kappa shape index (κ3) is 1.42. The minimum absolute atomic E-state index is 1.06. The molecule has 0 aliphatic heterocycles. The first-order chi connectivity index (χ1) is 11.9. The summed E-state index contributed by atoms with van der Waals surface area (Å²) in [5.74, 6) is 0. The molecule has 0 bridgehead atoms. The van der Waals surface area contributed by atoms with Crippen molar-refractivity contribution in [2.45, 2.75) is 0 Å². The number of pyridine rings is 1. The van der Waals surface area contributed by atoms with E-state index in [9.17, 15) is 0 Å². The molecule has 24 heavy (non-hydrogen) atoms. The molecule has 0 aliphatic carbocycles. The molecule has 0 radical (unpaired) electrons. The Hall–Kier alpha value is -3.19. The van der Waals surface area contributed by atoms with E-state index in [1.165, 1.54) is 43.1 Å². The van der Waals surface area contributed by atoms with E-state index < -0.39 is 0 Å². The Morgan fingerprint density at radius 3 is 2.00 bits per heavy atom. The van der Waals surface area contributed by atoms with Crippen LogP contribution in [0.1, 0.15) is 0 Å². The van der Waals surface area contributed by atoms with Crippen molar-refractivity contribution in [2.24, 2.45) is 0 Å². The second-order valence-electron chi connectivity index (χ2n) is 6.45. The topological polar surface area (TPSA) is 12.9 Å². The molecule has 1 heteroatoms. The van der Waals surface area contributed by atoms with Crippen LogP contribution in [-0.4, -0.2) is 4.98 Å². The fraction of sp³-hybridized carbons (Fsp3) is 0. The third-order valence-electron chi connectivity index (χ3n) is 5.16. The summed E-state index contributed by atoms with van der Waals surface area (Å²) in [5.41, 5.74) is 2.16. The molecule has 0 aliphatic rings. The smallest absolute Gasteiger partial charge is 0.0794 e. The van der Waals surface area contributed by atoms with Gasteiger partial charge >= 0.3 is 0 Å². The molecule has 0 unspecified atom stereocenters. The van der Waals surface area contributed by atoms with E-state index >= 15 is 0 Å². The lowest BCUT2D eigenvalue weighted by atomic mass is 9.91. The lowest BCUT2D eigenvalue weighted by Gasteiger charge is -2.14. The minimum Gasteiger partial charge on any atom is -0.247 e. The van der Waals surface area contributed by atoms with E-state index in [4.69, 9.17) is 4.98 Å². The fourth-order valence-electron chi connectivity index (χ4n) is 4.10. The summed E-state index contributed by atoms with van der Waals surface area (Å²) >= 11 is 0. The van der Waals surface area contributed by atoms with Crippen LogP contribution in [-0.2, 0) is 0 Å². The highest BCUT2D eigenvalue weighted by Gasteiger charge is 2.14. The second-order valence-corrected chi connectivity index (χ2v) is 6.45. The van der Waals surface area contributed by atoms with Gasteiger partial charge in [0.2, 0.25) is 0 Å². The lowest BCUT2D eigenvalue weighted by Crippen LogP contribution is -1.89. The van der Waals surface area contributed by atoms with Gasteiger partial charge in [0.1, 0.15) is 0 Å². The summed E-state index contributed by atoms with van der Waals surface area (Å²) in [7, 11) is 0. The maximum absolute atomic E-state index is 5.03. The zero-order valence-corrected chi connectivity index (χ0v) is 13.0. The van der Waals surface area contributed by atoms with Crippen molar-refractivity contribution >= 4 is 54.1 Å². The summed E-state index contributed by atoms with van der Waals surface area (Å²) < 4.78 is 0. The van der Waals surface area contributed by atoms with E-state index in [-0.39, 0.29) is 0 Å². The average Bonchev–Trinajstić information content (AvgIpc) is 2.65. The van der Waals surface area contributed by atoms with E-state index in [1.54, 1.807) is 0 Å². The van der Waals surface area contributed by atoms with Gasteiger partial charge in [0.05, 0.1) is 11.0 Å². The number of hydrogen-bond acceptors (Lipinski definition) is 1. The first-order valence-corrected chi connectivity index (χ1v) is 8.25. The molecule has 0 atom stereocenters. The monoisotopic (exact) mass is 303 g/mol. The van der Waals surface area contributed by atoms with Crippen molar-refractivity contribution in [1.29, 1.82) is 0 Å². The van der Waals surface area contributed by atoms with E-state index in [1.807, 2.05) is 0 Å². The van der Waals surface area contributed by atoms with Crippen LogP contribution < -0.4 is 0 Å². The molecular weight excluding hydrogens is 290 g/mol. The molecule has 0 spiro atoms. The Labute approximate surface area is 138 Å². The summed E-state index contributed by atoms with van der Waals surface area (Å²) in [6.07, 6.45) is 0. The first-order valence-electron chi connectivity index (χ1n) is 8.25. The Balaban J connectivity index is 2.06. The van der Waals surface area contributed by atoms with Gasteiger partial charge in [-0.1, -0.05) is 66.7 Å². The number of fused-ring (bicyclic) bond motifs is 4. The van der Waals surface area contributed by atoms with Crippen molar-refractivity contribution in [3.63, 3.8) is 0 Å². The van der Waals surface area contributed by atoms with Gasteiger partial charge in [-0.2, -0.15) is 0 Å².